The lowest BCUT2D eigenvalue weighted by Gasteiger charge is -2.26. The average molecular weight is 315 g/mol. The molecule has 20 heavy (non-hydrogen) atoms. The molecular weight excluding hydrogens is 296 g/mol. The van der Waals surface area contributed by atoms with Gasteiger partial charge in [-0.2, -0.15) is 11.8 Å². The number of nitrogens with one attached hydrogen (secondary N) is 2. The molecule has 2 rings (SSSR count). The van der Waals surface area contributed by atoms with Crippen LogP contribution in [0.25, 0.3) is 0 Å². The summed E-state index contributed by atoms with van der Waals surface area (Å²) in [5, 5.41) is 3.24. The summed E-state index contributed by atoms with van der Waals surface area (Å²) < 4.78 is 0.182. The molecule has 7 heteroatoms. The lowest BCUT2D eigenvalue weighted by atomic mass is 10.1. The van der Waals surface area contributed by atoms with Crippen molar-refractivity contribution in [1.82, 2.24) is 10.3 Å². The van der Waals surface area contributed by atoms with Gasteiger partial charge in [-0.3, -0.25) is 4.79 Å². The van der Waals surface area contributed by atoms with E-state index in [4.69, 9.17) is 17.4 Å². The third-order valence-electron chi connectivity index (χ3n) is 3.72. The molecule has 1 aliphatic rings. The smallest absolute Gasteiger partial charge is 0.251 e. The number of thioether (sulfide) groups is 1. The Morgan fingerprint density at radius 3 is 2.80 bits per heavy atom. The number of carbonyl (C=O) groups is 1. The fourth-order valence-corrected chi connectivity index (χ4v) is 3.64. The van der Waals surface area contributed by atoms with Gasteiger partial charge in [-0.15, -0.1) is 0 Å². The van der Waals surface area contributed by atoms with Crippen LogP contribution >= 0.6 is 23.4 Å². The summed E-state index contributed by atoms with van der Waals surface area (Å²) in [7, 11) is 0. The Morgan fingerprint density at radius 1 is 1.50 bits per heavy atom. The number of amides is 1. The van der Waals surface area contributed by atoms with Crippen molar-refractivity contribution in [3.63, 3.8) is 0 Å². The molecule has 0 aliphatic heterocycles. The van der Waals surface area contributed by atoms with Gasteiger partial charge in [0.1, 0.15) is 11.0 Å². The monoisotopic (exact) mass is 314 g/mol. The molecular formula is C13H19ClN4OS. The highest BCUT2D eigenvalue weighted by Crippen LogP contribution is 2.39. The van der Waals surface area contributed by atoms with Gasteiger partial charge in [-0.1, -0.05) is 24.4 Å². The Morgan fingerprint density at radius 2 is 2.20 bits per heavy atom. The van der Waals surface area contributed by atoms with Gasteiger partial charge in [0.15, 0.2) is 0 Å². The number of aromatic nitrogens is 1. The number of nitrogens with zero attached hydrogens (tertiary/aromatic N) is 1. The molecule has 110 valence electrons. The van der Waals surface area contributed by atoms with E-state index in [1.165, 1.54) is 18.9 Å². The largest absolute Gasteiger partial charge is 0.351 e. The minimum atomic E-state index is -0.147. The Balaban J connectivity index is 2.03. The zero-order valence-electron chi connectivity index (χ0n) is 11.4. The molecule has 1 aromatic heterocycles. The highest BCUT2D eigenvalue weighted by atomic mass is 35.5. The number of halogens is 1. The highest BCUT2D eigenvalue weighted by molar-refractivity contribution is 8.00. The third kappa shape index (κ3) is 3.56. The normalized spacial score (nSPS) is 16.9. The predicted molar refractivity (Wildman–Crippen MR) is 84.1 cm³/mol. The van der Waals surface area contributed by atoms with E-state index in [0.717, 1.165) is 12.8 Å². The van der Waals surface area contributed by atoms with Crippen LogP contribution in [0.3, 0.4) is 0 Å². The minimum absolute atomic E-state index is 0.147. The van der Waals surface area contributed by atoms with E-state index < -0.39 is 0 Å². The van der Waals surface area contributed by atoms with Crippen molar-refractivity contribution in [3.05, 3.63) is 22.8 Å². The summed E-state index contributed by atoms with van der Waals surface area (Å²) in [6, 6.07) is 3.12. The van der Waals surface area contributed by atoms with E-state index in [0.29, 0.717) is 17.9 Å². The van der Waals surface area contributed by atoms with Crippen LogP contribution in [0.2, 0.25) is 5.15 Å². The number of hydrogen-bond acceptors (Lipinski definition) is 5. The van der Waals surface area contributed by atoms with Gasteiger partial charge in [0, 0.05) is 16.9 Å². The molecule has 5 nitrogen and oxygen atoms in total. The minimum Gasteiger partial charge on any atom is -0.351 e. The van der Waals surface area contributed by atoms with Crippen LogP contribution in [0, 0.1) is 0 Å². The lowest BCUT2D eigenvalue weighted by molar-refractivity contribution is 0.0949. The lowest BCUT2D eigenvalue weighted by Crippen LogP contribution is -2.38. The summed E-state index contributed by atoms with van der Waals surface area (Å²) in [4.78, 5) is 16.2. The van der Waals surface area contributed by atoms with E-state index in [9.17, 15) is 4.79 Å². The molecule has 1 aliphatic carbocycles. The first-order chi connectivity index (χ1) is 9.58. The zero-order chi connectivity index (χ0) is 14.6. The second kappa shape index (κ2) is 6.65. The van der Waals surface area contributed by atoms with Gasteiger partial charge < -0.3 is 10.7 Å². The van der Waals surface area contributed by atoms with Crippen molar-refractivity contribution in [1.29, 1.82) is 0 Å². The molecule has 0 unspecified atom stereocenters. The summed E-state index contributed by atoms with van der Waals surface area (Å²) in [6.45, 7) is 0.679. The topological polar surface area (TPSA) is 80.0 Å². The standard InChI is InChI=1S/C13H19ClN4OS/c1-20-13(4-2-3-5-13)8-16-12(19)9-6-10(14)17-11(7-9)18-15/h6-7H,2-5,8,15H2,1H3,(H,16,19)(H,17,18). The predicted octanol–water partition coefficient (Wildman–Crippen LogP) is 2.43. The molecule has 0 atom stereocenters. The molecule has 1 saturated carbocycles. The fraction of sp³-hybridized carbons (Fsp3) is 0.538. The van der Waals surface area contributed by atoms with Crippen molar-refractivity contribution in [2.75, 3.05) is 18.2 Å². The van der Waals surface area contributed by atoms with Gasteiger partial charge in [0.05, 0.1) is 0 Å². The van der Waals surface area contributed by atoms with Gasteiger partial charge in [0.2, 0.25) is 0 Å². The summed E-state index contributed by atoms with van der Waals surface area (Å²) in [5.41, 5.74) is 2.86. The van der Waals surface area contributed by atoms with E-state index in [1.54, 1.807) is 6.07 Å². The second-order valence-electron chi connectivity index (χ2n) is 4.99. The number of hydrazine groups is 1. The molecule has 1 fully saturated rings. The van der Waals surface area contributed by atoms with Crippen LogP contribution in [-0.2, 0) is 0 Å². The first kappa shape index (κ1) is 15.4. The number of anilines is 1. The first-order valence-corrected chi connectivity index (χ1v) is 8.16. The van der Waals surface area contributed by atoms with Crippen molar-refractivity contribution < 1.29 is 4.79 Å². The second-order valence-corrected chi connectivity index (χ2v) is 6.65. The highest BCUT2D eigenvalue weighted by Gasteiger charge is 2.33. The maximum Gasteiger partial charge on any atom is 0.251 e. The van der Waals surface area contributed by atoms with Crippen molar-refractivity contribution in [2.45, 2.75) is 30.4 Å². The first-order valence-electron chi connectivity index (χ1n) is 6.56. The van der Waals surface area contributed by atoms with Crippen molar-refractivity contribution in [3.8, 4) is 0 Å². The van der Waals surface area contributed by atoms with Crippen LogP contribution in [0.5, 0.6) is 0 Å². The number of carbonyl (C=O) groups excluding carboxylic acids is 1. The van der Waals surface area contributed by atoms with Crippen molar-refractivity contribution in [2.24, 2.45) is 5.84 Å². The molecule has 0 bridgehead atoms. The molecule has 4 N–H and O–H groups in total. The molecule has 0 aromatic carbocycles. The third-order valence-corrected chi connectivity index (χ3v) is 5.34. The Labute approximate surface area is 128 Å². The van der Waals surface area contributed by atoms with E-state index in [2.05, 4.69) is 22.0 Å². The molecule has 1 heterocycles. The number of nitrogen functional groups attached to an aromatic ring is 1. The number of hydrogen-bond donors (Lipinski definition) is 3. The molecule has 0 spiro atoms. The van der Waals surface area contributed by atoms with Gasteiger partial charge in [-0.05, 0) is 31.2 Å². The van der Waals surface area contributed by atoms with Gasteiger partial charge >= 0.3 is 0 Å². The van der Waals surface area contributed by atoms with Gasteiger partial charge in [0.25, 0.3) is 5.91 Å². The SMILES string of the molecule is CSC1(CNC(=O)c2cc(Cl)nc(NN)c2)CCCC1. The maximum atomic E-state index is 12.2. The van der Waals surface area contributed by atoms with E-state index in [-0.39, 0.29) is 15.8 Å². The quantitative estimate of drug-likeness (QED) is 0.442. The molecule has 1 amide bonds. The van der Waals surface area contributed by atoms with Crippen molar-refractivity contribution >= 4 is 35.1 Å². The Kier molecular flexibility index (Phi) is 5.12. The molecule has 1 aromatic rings. The number of rotatable bonds is 5. The fourth-order valence-electron chi connectivity index (χ4n) is 2.52. The maximum absolute atomic E-state index is 12.2. The summed E-state index contributed by atoms with van der Waals surface area (Å²) >= 11 is 7.71. The average Bonchev–Trinajstić information content (AvgIpc) is 2.93. The Hall–Kier alpha value is -0.980. The summed E-state index contributed by atoms with van der Waals surface area (Å²) in [5.74, 6) is 5.53. The van der Waals surface area contributed by atoms with Gasteiger partial charge in [-0.25, -0.2) is 10.8 Å². The zero-order valence-corrected chi connectivity index (χ0v) is 13.0. The van der Waals surface area contributed by atoms with E-state index in [1.807, 2.05) is 11.8 Å². The Bertz CT molecular complexity index is 491. The van der Waals surface area contributed by atoms with Crippen LogP contribution in [0.15, 0.2) is 12.1 Å². The summed E-state index contributed by atoms with van der Waals surface area (Å²) in [6.07, 6.45) is 6.89. The molecule has 0 radical (unpaired) electrons. The van der Waals surface area contributed by atoms with Crippen LogP contribution in [0.4, 0.5) is 5.82 Å². The number of pyridine rings is 1. The van der Waals surface area contributed by atoms with Crippen LogP contribution in [-0.4, -0.2) is 28.4 Å². The van der Waals surface area contributed by atoms with E-state index >= 15 is 0 Å². The molecule has 0 saturated heterocycles. The van der Waals surface area contributed by atoms with Crippen LogP contribution in [0.1, 0.15) is 36.0 Å². The van der Waals surface area contributed by atoms with Crippen LogP contribution < -0.4 is 16.6 Å². The number of nitrogens with two attached hydrogens (primary N) is 1.